The third-order valence-corrected chi connectivity index (χ3v) is 4.51. The predicted molar refractivity (Wildman–Crippen MR) is 84.8 cm³/mol. The van der Waals surface area contributed by atoms with Crippen LogP contribution in [0.15, 0.2) is 46.9 Å². The quantitative estimate of drug-likeness (QED) is 0.823. The lowest BCUT2D eigenvalue weighted by atomic mass is 10.2. The summed E-state index contributed by atoms with van der Waals surface area (Å²) in [6, 6.07) is 13.7. The number of rotatable bonds is 6. The van der Waals surface area contributed by atoms with Gasteiger partial charge >= 0.3 is 0 Å². The monoisotopic (exact) mass is 307 g/mol. The van der Waals surface area contributed by atoms with Gasteiger partial charge in [-0.15, -0.1) is 0 Å². The first-order chi connectivity index (χ1) is 9.85. The van der Waals surface area contributed by atoms with E-state index >= 15 is 0 Å². The molecule has 1 aromatic heterocycles. The Kier molecular flexibility index (Phi) is 4.85. The number of furan rings is 1. The summed E-state index contributed by atoms with van der Waals surface area (Å²) >= 11 is 0. The molecule has 1 aromatic carbocycles. The maximum atomic E-state index is 11.3. The van der Waals surface area contributed by atoms with E-state index in [0.717, 1.165) is 17.1 Å². The first kappa shape index (κ1) is 15.8. The molecule has 0 radical (unpaired) electrons. The Balaban J connectivity index is 2.02. The van der Waals surface area contributed by atoms with Crippen LogP contribution in [-0.4, -0.2) is 38.4 Å². The van der Waals surface area contributed by atoms with Gasteiger partial charge in [0.05, 0.1) is 12.3 Å². The van der Waals surface area contributed by atoms with Crippen molar-refractivity contribution in [3.05, 3.63) is 48.2 Å². The molecule has 0 saturated carbocycles. The lowest BCUT2D eigenvalue weighted by Gasteiger charge is -2.22. The van der Waals surface area contributed by atoms with Crippen molar-refractivity contribution in [3.63, 3.8) is 0 Å². The normalized spacial score (nSPS) is 13.5. The molecule has 2 rings (SSSR count). The van der Waals surface area contributed by atoms with Gasteiger partial charge in [0.2, 0.25) is 0 Å². The zero-order valence-electron chi connectivity index (χ0n) is 12.6. The molecular weight excluding hydrogens is 286 g/mol. The van der Waals surface area contributed by atoms with E-state index in [2.05, 4.69) is 0 Å². The van der Waals surface area contributed by atoms with E-state index in [1.807, 2.05) is 61.3 Å². The maximum Gasteiger partial charge on any atom is 0.148 e. The van der Waals surface area contributed by atoms with Gasteiger partial charge in [0, 0.05) is 17.9 Å². The first-order valence-corrected chi connectivity index (χ1v) is 8.93. The minimum atomic E-state index is -2.97. The van der Waals surface area contributed by atoms with E-state index in [0.29, 0.717) is 6.54 Å². The van der Waals surface area contributed by atoms with Crippen molar-refractivity contribution >= 4 is 9.84 Å². The van der Waals surface area contributed by atoms with Crippen molar-refractivity contribution in [1.82, 2.24) is 4.90 Å². The fourth-order valence-corrected chi connectivity index (χ4v) is 3.32. The molecule has 21 heavy (non-hydrogen) atoms. The van der Waals surface area contributed by atoms with Crippen LogP contribution in [-0.2, 0) is 16.4 Å². The first-order valence-electron chi connectivity index (χ1n) is 6.87. The van der Waals surface area contributed by atoms with Crippen molar-refractivity contribution in [2.45, 2.75) is 19.5 Å². The van der Waals surface area contributed by atoms with E-state index in [-0.39, 0.29) is 11.8 Å². The average Bonchev–Trinajstić information content (AvgIpc) is 2.86. The molecule has 4 nitrogen and oxygen atoms in total. The van der Waals surface area contributed by atoms with Crippen LogP contribution >= 0.6 is 0 Å². The maximum absolute atomic E-state index is 11.3. The minimum absolute atomic E-state index is 0.0507. The van der Waals surface area contributed by atoms with Crippen molar-refractivity contribution in [1.29, 1.82) is 0 Å². The largest absolute Gasteiger partial charge is 0.460 e. The summed E-state index contributed by atoms with van der Waals surface area (Å²) < 4.78 is 28.5. The Morgan fingerprint density at radius 3 is 2.43 bits per heavy atom. The van der Waals surface area contributed by atoms with Gasteiger partial charge in [-0.3, -0.25) is 4.90 Å². The lowest BCUT2D eigenvalue weighted by Crippen LogP contribution is -2.34. The van der Waals surface area contributed by atoms with Gasteiger partial charge in [0.1, 0.15) is 21.4 Å². The molecule has 0 fully saturated rings. The summed E-state index contributed by atoms with van der Waals surface area (Å²) in [5.74, 6) is 1.81. The molecule has 1 heterocycles. The third kappa shape index (κ3) is 4.72. The second-order valence-corrected chi connectivity index (χ2v) is 7.67. The predicted octanol–water partition coefficient (Wildman–Crippen LogP) is 2.81. The van der Waals surface area contributed by atoms with Crippen molar-refractivity contribution in [3.8, 4) is 11.3 Å². The number of nitrogens with zero attached hydrogens (tertiary/aromatic N) is 1. The van der Waals surface area contributed by atoms with E-state index < -0.39 is 9.84 Å². The zero-order chi connectivity index (χ0) is 15.5. The Bertz CT molecular complexity index is 677. The fourth-order valence-electron chi connectivity index (χ4n) is 2.19. The SMILES string of the molecule is C[C@@H](CS(C)(=O)=O)N(C)Cc1ccc(-c2ccccc2)o1. The van der Waals surface area contributed by atoms with Crippen LogP contribution in [0.25, 0.3) is 11.3 Å². The molecule has 0 saturated heterocycles. The molecule has 0 bridgehead atoms. The summed E-state index contributed by atoms with van der Waals surface area (Å²) in [6.07, 6.45) is 1.26. The molecule has 2 aromatic rings. The van der Waals surface area contributed by atoms with Crippen molar-refractivity contribution in [2.75, 3.05) is 19.1 Å². The van der Waals surface area contributed by atoms with Gasteiger partial charge in [0.25, 0.3) is 0 Å². The highest BCUT2D eigenvalue weighted by Crippen LogP contribution is 2.22. The summed E-state index contributed by atoms with van der Waals surface area (Å²) in [5.41, 5.74) is 1.04. The lowest BCUT2D eigenvalue weighted by molar-refractivity contribution is 0.246. The van der Waals surface area contributed by atoms with Gasteiger partial charge in [-0.2, -0.15) is 0 Å². The van der Waals surface area contributed by atoms with Crippen molar-refractivity contribution < 1.29 is 12.8 Å². The molecule has 5 heteroatoms. The molecule has 0 aliphatic rings. The molecule has 114 valence electrons. The van der Waals surface area contributed by atoms with Gasteiger partial charge in [-0.25, -0.2) is 8.42 Å². The Labute approximate surface area is 126 Å². The standard InChI is InChI=1S/C16H21NO3S/c1-13(12-21(3,18)19)17(2)11-15-9-10-16(20-15)14-7-5-4-6-8-14/h4-10,13H,11-12H2,1-3H3/t13-/m0/s1. The molecule has 0 N–H and O–H groups in total. The van der Waals surface area contributed by atoms with E-state index in [1.165, 1.54) is 6.26 Å². The molecule has 0 aliphatic heterocycles. The minimum Gasteiger partial charge on any atom is -0.460 e. The summed E-state index contributed by atoms with van der Waals surface area (Å²) in [6.45, 7) is 2.49. The molecule has 1 atom stereocenters. The highest BCUT2D eigenvalue weighted by atomic mass is 32.2. The van der Waals surface area contributed by atoms with Crippen LogP contribution in [0.4, 0.5) is 0 Å². The van der Waals surface area contributed by atoms with Crippen LogP contribution in [0.2, 0.25) is 0 Å². The molecule has 0 unspecified atom stereocenters. The molecule has 0 amide bonds. The van der Waals surface area contributed by atoms with Crippen LogP contribution < -0.4 is 0 Å². The third-order valence-electron chi connectivity index (χ3n) is 3.42. The Morgan fingerprint density at radius 1 is 1.14 bits per heavy atom. The number of benzene rings is 1. The highest BCUT2D eigenvalue weighted by molar-refractivity contribution is 7.90. The van der Waals surface area contributed by atoms with Crippen molar-refractivity contribution in [2.24, 2.45) is 0 Å². The average molecular weight is 307 g/mol. The second kappa shape index (κ2) is 6.45. The Morgan fingerprint density at radius 2 is 1.81 bits per heavy atom. The molecule has 0 aliphatic carbocycles. The fraction of sp³-hybridized carbons (Fsp3) is 0.375. The van der Waals surface area contributed by atoms with Crippen LogP contribution in [0, 0.1) is 0 Å². The van der Waals surface area contributed by atoms with Crippen LogP contribution in [0.5, 0.6) is 0 Å². The summed E-state index contributed by atoms with van der Waals surface area (Å²) in [4.78, 5) is 1.98. The topological polar surface area (TPSA) is 50.5 Å². The van der Waals surface area contributed by atoms with E-state index in [1.54, 1.807) is 0 Å². The zero-order valence-corrected chi connectivity index (χ0v) is 13.4. The number of hydrogen-bond donors (Lipinski definition) is 0. The highest BCUT2D eigenvalue weighted by Gasteiger charge is 2.16. The van der Waals surface area contributed by atoms with Gasteiger partial charge in [0.15, 0.2) is 0 Å². The van der Waals surface area contributed by atoms with E-state index in [9.17, 15) is 8.42 Å². The molecular formula is C16H21NO3S. The Hall–Kier alpha value is -1.59. The number of sulfone groups is 1. The van der Waals surface area contributed by atoms with Crippen LogP contribution in [0.1, 0.15) is 12.7 Å². The van der Waals surface area contributed by atoms with Crippen LogP contribution in [0.3, 0.4) is 0 Å². The summed E-state index contributed by atoms with van der Waals surface area (Å²) in [5, 5.41) is 0. The van der Waals surface area contributed by atoms with E-state index in [4.69, 9.17) is 4.42 Å². The smallest absolute Gasteiger partial charge is 0.148 e. The van der Waals surface area contributed by atoms with Gasteiger partial charge < -0.3 is 4.42 Å². The van der Waals surface area contributed by atoms with Gasteiger partial charge in [-0.1, -0.05) is 30.3 Å². The van der Waals surface area contributed by atoms with Gasteiger partial charge in [-0.05, 0) is 26.1 Å². The second-order valence-electron chi connectivity index (χ2n) is 5.49. The summed E-state index contributed by atoms with van der Waals surface area (Å²) in [7, 11) is -1.07. The molecule has 0 spiro atoms. The number of hydrogen-bond acceptors (Lipinski definition) is 4.